The second kappa shape index (κ2) is 4.57. The van der Waals surface area contributed by atoms with E-state index in [0.717, 1.165) is 22.2 Å². The summed E-state index contributed by atoms with van der Waals surface area (Å²) in [6.45, 7) is 0. The van der Waals surface area contributed by atoms with Crippen LogP contribution in [0.1, 0.15) is 5.56 Å². The maximum absolute atomic E-state index is 10.9. The van der Waals surface area contributed by atoms with E-state index in [2.05, 4.69) is 5.10 Å². The Hall–Kier alpha value is -2.62. The van der Waals surface area contributed by atoms with Crippen LogP contribution in [0.2, 0.25) is 0 Å². The predicted molar refractivity (Wildman–Crippen MR) is 72.4 cm³/mol. The molecule has 0 spiro atoms. The fourth-order valence-corrected chi connectivity index (χ4v) is 2.12. The predicted octanol–water partition coefficient (Wildman–Crippen LogP) is 2.65. The Morgan fingerprint density at radius 2 is 1.89 bits per heavy atom. The van der Waals surface area contributed by atoms with Crippen molar-refractivity contribution >= 4 is 16.9 Å². The van der Waals surface area contributed by atoms with E-state index < -0.39 is 5.97 Å². The van der Waals surface area contributed by atoms with E-state index in [1.54, 1.807) is 10.7 Å². The van der Waals surface area contributed by atoms with Gasteiger partial charge in [-0.05, 0) is 17.7 Å². The third-order valence-electron chi connectivity index (χ3n) is 2.98. The van der Waals surface area contributed by atoms with Crippen LogP contribution in [-0.4, -0.2) is 20.9 Å². The topological polar surface area (TPSA) is 55.1 Å². The average molecular weight is 252 g/mol. The van der Waals surface area contributed by atoms with Gasteiger partial charge in [0.2, 0.25) is 0 Å². The van der Waals surface area contributed by atoms with Gasteiger partial charge in [0, 0.05) is 11.6 Å². The number of aliphatic carboxylic acids is 1. The van der Waals surface area contributed by atoms with Crippen molar-refractivity contribution in [2.75, 3.05) is 0 Å². The van der Waals surface area contributed by atoms with Crippen molar-refractivity contribution in [2.24, 2.45) is 0 Å². The summed E-state index contributed by atoms with van der Waals surface area (Å²) in [5.74, 6) is -0.846. The standard InChI is InChI=1S/C15H12N2O2/c18-14(19)9-11-5-4-6-12-10-17(16-15(11)12)13-7-2-1-3-8-13/h1-8,10H,9H2,(H,18,19). The summed E-state index contributed by atoms with van der Waals surface area (Å²) < 4.78 is 1.77. The third kappa shape index (κ3) is 2.20. The summed E-state index contributed by atoms with van der Waals surface area (Å²) in [4.78, 5) is 10.9. The van der Waals surface area contributed by atoms with E-state index in [1.165, 1.54) is 0 Å². The summed E-state index contributed by atoms with van der Waals surface area (Å²) in [5.41, 5.74) is 2.44. The number of carbonyl (C=O) groups is 1. The summed E-state index contributed by atoms with van der Waals surface area (Å²) in [5, 5.41) is 14.4. The van der Waals surface area contributed by atoms with Gasteiger partial charge >= 0.3 is 5.97 Å². The lowest BCUT2D eigenvalue weighted by molar-refractivity contribution is -0.136. The first-order valence-electron chi connectivity index (χ1n) is 5.98. The second-order valence-corrected chi connectivity index (χ2v) is 4.33. The molecular formula is C15H12N2O2. The van der Waals surface area contributed by atoms with Gasteiger partial charge in [0.15, 0.2) is 0 Å². The van der Waals surface area contributed by atoms with Gasteiger partial charge in [0.1, 0.15) is 0 Å². The fourth-order valence-electron chi connectivity index (χ4n) is 2.12. The number of hydrogen-bond acceptors (Lipinski definition) is 2. The van der Waals surface area contributed by atoms with E-state index in [9.17, 15) is 4.79 Å². The highest BCUT2D eigenvalue weighted by Gasteiger charge is 2.09. The average Bonchev–Trinajstić information content (AvgIpc) is 2.84. The normalized spacial score (nSPS) is 10.7. The monoisotopic (exact) mass is 252 g/mol. The molecule has 0 atom stereocenters. The smallest absolute Gasteiger partial charge is 0.307 e. The summed E-state index contributed by atoms with van der Waals surface area (Å²) in [7, 11) is 0. The van der Waals surface area contributed by atoms with Gasteiger partial charge in [-0.1, -0.05) is 36.4 Å². The van der Waals surface area contributed by atoms with Crippen LogP contribution in [0.3, 0.4) is 0 Å². The van der Waals surface area contributed by atoms with Crippen LogP contribution in [0.4, 0.5) is 0 Å². The number of benzene rings is 2. The molecule has 94 valence electrons. The Morgan fingerprint density at radius 3 is 2.63 bits per heavy atom. The molecule has 3 aromatic rings. The van der Waals surface area contributed by atoms with Crippen molar-refractivity contribution in [3.63, 3.8) is 0 Å². The van der Waals surface area contributed by atoms with Crippen LogP contribution < -0.4 is 0 Å². The molecule has 0 saturated carbocycles. The number of para-hydroxylation sites is 1. The van der Waals surface area contributed by atoms with Crippen LogP contribution >= 0.6 is 0 Å². The molecule has 0 unspecified atom stereocenters. The number of hydrogen-bond donors (Lipinski definition) is 1. The van der Waals surface area contributed by atoms with E-state index in [-0.39, 0.29) is 6.42 Å². The minimum atomic E-state index is -0.846. The minimum Gasteiger partial charge on any atom is -0.481 e. The molecule has 0 fully saturated rings. The van der Waals surface area contributed by atoms with Crippen LogP contribution in [0, 0.1) is 0 Å². The summed E-state index contributed by atoms with van der Waals surface area (Å²) >= 11 is 0. The highest BCUT2D eigenvalue weighted by molar-refractivity contribution is 5.85. The molecular weight excluding hydrogens is 240 g/mol. The summed E-state index contributed by atoms with van der Waals surface area (Å²) in [6.07, 6.45) is 1.90. The van der Waals surface area contributed by atoms with Gasteiger partial charge in [-0.3, -0.25) is 4.79 Å². The van der Waals surface area contributed by atoms with Gasteiger partial charge in [0.25, 0.3) is 0 Å². The first kappa shape index (κ1) is 11.5. The first-order valence-corrected chi connectivity index (χ1v) is 5.98. The molecule has 0 saturated heterocycles. The molecule has 0 bridgehead atoms. The van der Waals surface area contributed by atoms with Crippen LogP contribution in [0.5, 0.6) is 0 Å². The van der Waals surface area contributed by atoms with E-state index in [0.29, 0.717) is 0 Å². The van der Waals surface area contributed by atoms with E-state index >= 15 is 0 Å². The SMILES string of the molecule is O=C(O)Cc1cccc2cn(-c3ccccc3)nc12. The van der Waals surface area contributed by atoms with Gasteiger partial charge in [-0.2, -0.15) is 5.10 Å². The molecule has 1 aromatic heterocycles. The molecule has 0 amide bonds. The Morgan fingerprint density at radius 1 is 1.11 bits per heavy atom. The van der Waals surface area contributed by atoms with Crippen molar-refractivity contribution < 1.29 is 9.90 Å². The molecule has 0 aliphatic rings. The molecule has 2 aromatic carbocycles. The number of carboxylic acids is 1. The lowest BCUT2D eigenvalue weighted by Crippen LogP contribution is -2.01. The number of nitrogens with zero attached hydrogens (tertiary/aromatic N) is 2. The molecule has 3 rings (SSSR count). The second-order valence-electron chi connectivity index (χ2n) is 4.33. The van der Waals surface area contributed by atoms with Crippen molar-refractivity contribution in [3.05, 3.63) is 60.3 Å². The zero-order valence-corrected chi connectivity index (χ0v) is 10.2. The Bertz CT molecular complexity index is 732. The quantitative estimate of drug-likeness (QED) is 0.779. The lowest BCUT2D eigenvalue weighted by Gasteiger charge is -1.99. The highest BCUT2D eigenvalue weighted by atomic mass is 16.4. The number of rotatable bonds is 3. The van der Waals surface area contributed by atoms with E-state index in [1.807, 2.05) is 48.7 Å². The van der Waals surface area contributed by atoms with Crippen LogP contribution in [-0.2, 0) is 11.2 Å². The largest absolute Gasteiger partial charge is 0.481 e. The Labute approximate surface area is 109 Å². The van der Waals surface area contributed by atoms with Crippen molar-refractivity contribution in [3.8, 4) is 5.69 Å². The lowest BCUT2D eigenvalue weighted by atomic mass is 10.1. The van der Waals surface area contributed by atoms with Crippen molar-refractivity contribution in [2.45, 2.75) is 6.42 Å². The fraction of sp³-hybridized carbons (Fsp3) is 0.0667. The van der Waals surface area contributed by atoms with Gasteiger partial charge < -0.3 is 5.11 Å². The number of fused-ring (bicyclic) bond motifs is 1. The molecule has 1 N–H and O–H groups in total. The van der Waals surface area contributed by atoms with E-state index in [4.69, 9.17) is 5.11 Å². The maximum Gasteiger partial charge on any atom is 0.307 e. The van der Waals surface area contributed by atoms with Gasteiger partial charge in [-0.25, -0.2) is 4.68 Å². The highest BCUT2D eigenvalue weighted by Crippen LogP contribution is 2.19. The minimum absolute atomic E-state index is 0.0108. The first-order chi connectivity index (χ1) is 9.24. The Balaban J connectivity index is 2.13. The zero-order chi connectivity index (χ0) is 13.2. The molecule has 4 nitrogen and oxygen atoms in total. The maximum atomic E-state index is 10.9. The molecule has 4 heteroatoms. The zero-order valence-electron chi connectivity index (χ0n) is 10.2. The van der Waals surface area contributed by atoms with Crippen molar-refractivity contribution in [1.29, 1.82) is 0 Å². The van der Waals surface area contributed by atoms with Crippen LogP contribution in [0.15, 0.2) is 54.7 Å². The molecule has 19 heavy (non-hydrogen) atoms. The Kier molecular flexibility index (Phi) is 2.76. The molecule has 1 heterocycles. The molecule has 0 radical (unpaired) electrons. The van der Waals surface area contributed by atoms with Gasteiger partial charge in [-0.15, -0.1) is 0 Å². The molecule has 0 aliphatic heterocycles. The van der Waals surface area contributed by atoms with Crippen molar-refractivity contribution in [1.82, 2.24) is 9.78 Å². The molecule has 0 aliphatic carbocycles. The summed E-state index contributed by atoms with van der Waals surface area (Å²) in [6, 6.07) is 15.4. The number of aromatic nitrogens is 2. The van der Waals surface area contributed by atoms with Gasteiger partial charge in [0.05, 0.1) is 17.6 Å². The van der Waals surface area contributed by atoms with Crippen LogP contribution in [0.25, 0.3) is 16.6 Å². The number of carboxylic acid groups (broad SMARTS) is 1. The third-order valence-corrected chi connectivity index (χ3v) is 2.98.